The number of aliphatic hydroxyl groups is 1. The van der Waals surface area contributed by atoms with Gasteiger partial charge in [-0.1, -0.05) is 31.2 Å². The molecule has 0 aliphatic rings. The Kier molecular flexibility index (Phi) is 3.55. The summed E-state index contributed by atoms with van der Waals surface area (Å²) in [5, 5.41) is 11.3. The number of aliphatic hydroxyl groups excluding tert-OH is 1. The van der Waals surface area contributed by atoms with Gasteiger partial charge < -0.3 is 5.11 Å². The molecule has 0 fully saturated rings. The molecule has 0 spiro atoms. The van der Waals surface area contributed by atoms with Crippen LogP contribution in [0.25, 0.3) is 10.1 Å². The average Bonchev–Trinajstić information content (AvgIpc) is 2.89. The molecule has 0 radical (unpaired) electrons. The van der Waals surface area contributed by atoms with Gasteiger partial charge in [0.25, 0.3) is 0 Å². The van der Waals surface area contributed by atoms with Crippen molar-refractivity contribution in [2.75, 3.05) is 0 Å². The van der Waals surface area contributed by atoms with E-state index in [4.69, 9.17) is 0 Å². The maximum atomic E-state index is 13.2. The third-order valence-corrected chi connectivity index (χ3v) is 4.64. The summed E-state index contributed by atoms with van der Waals surface area (Å²) >= 11 is 1.50. The van der Waals surface area contributed by atoms with Crippen molar-refractivity contribution in [1.82, 2.24) is 0 Å². The van der Waals surface area contributed by atoms with Gasteiger partial charge in [-0.3, -0.25) is 0 Å². The lowest BCUT2D eigenvalue weighted by Gasteiger charge is -2.09. The van der Waals surface area contributed by atoms with Crippen LogP contribution in [-0.2, 0) is 6.42 Å². The molecule has 0 bridgehead atoms. The number of thiophene rings is 1. The van der Waals surface area contributed by atoms with Gasteiger partial charge in [-0.25, -0.2) is 4.39 Å². The molecular weight excluding hydrogens is 271 g/mol. The van der Waals surface area contributed by atoms with Gasteiger partial charge in [-0.2, -0.15) is 0 Å². The molecule has 3 rings (SSSR count). The molecule has 3 aromatic rings. The lowest BCUT2D eigenvalue weighted by Crippen LogP contribution is -1.96. The Balaban J connectivity index is 1.96. The maximum absolute atomic E-state index is 13.2. The molecule has 1 atom stereocenters. The van der Waals surface area contributed by atoms with Crippen LogP contribution < -0.4 is 0 Å². The van der Waals surface area contributed by atoms with Crippen molar-refractivity contribution in [2.45, 2.75) is 19.4 Å². The molecule has 0 saturated carbocycles. The first kappa shape index (κ1) is 13.3. The summed E-state index contributed by atoms with van der Waals surface area (Å²) < 4.78 is 14.2. The van der Waals surface area contributed by atoms with Crippen LogP contribution in [0.3, 0.4) is 0 Å². The van der Waals surface area contributed by atoms with E-state index < -0.39 is 6.10 Å². The second kappa shape index (κ2) is 5.35. The summed E-state index contributed by atoms with van der Waals surface area (Å²) in [5.74, 6) is -0.247. The van der Waals surface area contributed by atoms with E-state index in [0.29, 0.717) is 0 Å². The fourth-order valence-corrected chi connectivity index (χ4v) is 3.33. The molecule has 0 saturated heterocycles. The first-order valence-corrected chi connectivity index (χ1v) is 7.45. The van der Waals surface area contributed by atoms with Gasteiger partial charge in [0.15, 0.2) is 0 Å². The summed E-state index contributed by atoms with van der Waals surface area (Å²) in [6.45, 7) is 2.10. The van der Waals surface area contributed by atoms with E-state index in [1.165, 1.54) is 29.0 Å². The third-order valence-electron chi connectivity index (χ3n) is 3.47. The van der Waals surface area contributed by atoms with Crippen LogP contribution in [0.1, 0.15) is 29.0 Å². The van der Waals surface area contributed by atoms with E-state index in [0.717, 1.165) is 26.9 Å². The SMILES string of the molecule is CCc1ccc(C(O)c2cc3cc(F)ccc3s2)cc1. The molecule has 2 aromatic carbocycles. The van der Waals surface area contributed by atoms with Gasteiger partial charge in [0.2, 0.25) is 0 Å². The van der Waals surface area contributed by atoms with E-state index in [9.17, 15) is 9.50 Å². The number of aryl methyl sites for hydroxylation is 1. The topological polar surface area (TPSA) is 20.2 Å². The maximum Gasteiger partial charge on any atom is 0.123 e. The van der Waals surface area contributed by atoms with E-state index >= 15 is 0 Å². The Morgan fingerprint density at radius 1 is 1.10 bits per heavy atom. The molecule has 1 aromatic heterocycles. The largest absolute Gasteiger partial charge is 0.383 e. The van der Waals surface area contributed by atoms with E-state index in [1.54, 1.807) is 6.07 Å². The third kappa shape index (κ3) is 2.47. The minimum absolute atomic E-state index is 0.247. The Labute approximate surface area is 121 Å². The average molecular weight is 286 g/mol. The van der Waals surface area contributed by atoms with E-state index in [-0.39, 0.29) is 5.82 Å². The summed E-state index contributed by atoms with van der Waals surface area (Å²) in [5.41, 5.74) is 2.12. The second-order valence-corrected chi connectivity index (χ2v) is 5.94. The highest BCUT2D eigenvalue weighted by molar-refractivity contribution is 7.19. The van der Waals surface area contributed by atoms with Crippen LogP contribution in [0.15, 0.2) is 48.5 Å². The summed E-state index contributed by atoms with van der Waals surface area (Å²) in [6.07, 6.45) is 0.333. The molecule has 1 N–H and O–H groups in total. The van der Waals surface area contributed by atoms with Crippen LogP contribution in [-0.4, -0.2) is 5.11 Å². The zero-order chi connectivity index (χ0) is 14.1. The smallest absolute Gasteiger partial charge is 0.123 e. The predicted octanol–water partition coefficient (Wildman–Crippen LogP) is 4.68. The number of hydrogen-bond donors (Lipinski definition) is 1. The minimum atomic E-state index is -0.652. The van der Waals surface area contributed by atoms with Gasteiger partial charge in [-0.15, -0.1) is 11.3 Å². The zero-order valence-corrected chi connectivity index (χ0v) is 12.0. The monoisotopic (exact) mass is 286 g/mol. The Bertz CT molecular complexity index is 730. The molecule has 0 amide bonds. The van der Waals surface area contributed by atoms with Crippen molar-refractivity contribution in [3.8, 4) is 0 Å². The Morgan fingerprint density at radius 3 is 2.55 bits per heavy atom. The highest BCUT2D eigenvalue weighted by atomic mass is 32.1. The van der Waals surface area contributed by atoms with Crippen molar-refractivity contribution in [3.63, 3.8) is 0 Å². The quantitative estimate of drug-likeness (QED) is 0.741. The minimum Gasteiger partial charge on any atom is -0.383 e. The number of fused-ring (bicyclic) bond motifs is 1. The molecular formula is C17H15FOS. The summed E-state index contributed by atoms with van der Waals surface area (Å²) in [6, 6.07) is 14.5. The number of hydrogen-bond acceptors (Lipinski definition) is 2. The number of benzene rings is 2. The van der Waals surface area contributed by atoms with Crippen molar-refractivity contribution < 1.29 is 9.50 Å². The fraction of sp³-hybridized carbons (Fsp3) is 0.176. The Hall–Kier alpha value is -1.71. The molecule has 3 heteroatoms. The highest BCUT2D eigenvalue weighted by Crippen LogP contribution is 2.33. The van der Waals surface area contributed by atoms with Crippen LogP contribution in [0.5, 0.6) is 0 Å². The highest BCUT2D eigenvalue weighted by Gasteiger charge is 2.14. The van der Waals surface area contributed by atoms with Crippen molar-refractivity contribution in [1.29, 1.82) is 0 Å². The molecule has 1 unspecified atom stereocenters. The molecule has 0 aliphatic carbocycles. The van der Waals surface area contributed by atoms with Gasteiger partial charge in [0.1, 0.15) is 11.9 Å². The van der Waals surface area contributed by atoms with E-state index in [1.807, 2.05) is 30.3 Å². The molecule has 1 heterocycles. The van der Waals surface area contributed by atoms with Gasteiger partial charge in [0.05, 0.1) is 0 Å². The second-order valence-electron chi connectivity index (χ2n) is 4.83. The lowest BCUT2D eigenvalue weighted by molar-refractivity contribution is 0.224. The van der Waals surface area contributed by atoms with Crippen LogP contribution in [0.2, 0.25) is 0 Å². The van der Waals surface area contributed by atoms with Crippen LogP contribution in [0.4, 0.5) is 4.39 Å². The predicted molar refractivity (Wildman–Crippen MR) is 81.7 cm³/mol. The Morgan fingerprint density at radius 2 is 1.85 bits per heavy atom. The number of halogens is 1. The van der Waals surface area contributed by atoms with Gasteiger partial charge in [0, 0.05) is 9.58 Å². The molecule has 102 valence electrons. The van der Waals surface area contributed by atoms with Crippen LogP contribution >= 0.6 is 11.3 Å². The lowest BCUT2D eigenvalue weighted by atomic mass is 10.0. The number of rotatable bonds is 3. The molecule has 1 nitrogen and oxygen atoms in total. The van der Waals surface area contributed by atoms with Gasteiger partial charge in [-0.05, 0) is 47.2 Å². The standard InChI is InChI=1S/C17H15FOS/c1-2-11-3-5-12(6-4-11)17(19)16-10-13-9-14(18)7-8-15(13)20-16/h3-10,17,19H,2H2,1H3. The fourth-order valence-electron chi connectivity index (χ4n) is 2.27. The van der Waals surface area contributed by atoms with Crippen molar-refractivity contribution in [2.24, 2.45) is 0 Å². The summed E-state index contributed by atoms with van der Waals surface area (Å²) in [7, 11) is 0. The van der Waals surface area contributed by atoms with Crippen LogP contribution in [0, 0.1) is 5.82 Å². The normalized spacial score (nSPS) is 12.8. The first-order chi connectivity index (χ1) is 9.67. The first-order valence-electron chi connectivity index (χ1n) is 6.63. The van der Waals surface area contributed by atoms with Crippen molar-refractivity contribution >= 4 is 21.4 Å². The van der Waals surface area contributed by atoms with E-state index in [2.05, 4.69) is 6.92 Å². The zero-order valence-electron chi connectivity index (χ0n) is 11.1. The van der Waals surface area contributed by atoms with Crippen molar-refractivity contribution in [3.05, 3.63) is 70.4 Å². The molecule has 20 heavy (non-hydrogen) atoms. The summed E-state index contributed by atoms with van der Waals surface area (Å²) in [4.78, 5) is 0.842. The van der Waals surface area contributed by atoms with Gasteiger partial charge >= 0.3 is 0 Å². The molecule has 0 aliphatic heterocycles.